The summed E-state index contributed by atoms with van der Waals surface area (Å²) in [7, 11) is -3.43. The van der Waals surface area contributed by atoms with Crippen molar-refractivity contribution < 1.29 is 35.9 Å². The number of carboxylic acid groups (broad SMARTS) is 1. The van der Waals surface area contributed by atoms with Gasteiger partial charge in [0, 0.05) is 11.8 Å². The van der Waals surface area contributed by atoms with Crippen molar-refractivity contribution in [3.05, 3.63) is 47.8 Å². The second-order valence-corrected chi connectivity index (χ2v) is 10.5. The lowest BCUT2D eigenvalue weighted by molar-refractivity contribution is -0.192. The number of hydrogen-bond acceptors (Lipinski definition) is 6. The maximum absolute atomic E-state index is 14.5. The molecule has 0 atom stereocenters. The summed E-state index contributed by atoms with van der Waals surface area (Å²) in [5.74, 6) is -2.78. The van der Waals surface area contributed by atoms with Crippen LogP contribution in [-0.2, 0) is 14.6 Å². The van der Waals surface area contributed by atoms with Gasteiger partial charge in [0.1, 0.15) is 10.8 Å². The van der Waals surface area contributed by atoms with Crippen molar-refractivity contribution in [2.45, 2.75) is 29.8 Å². The molecule has 0 spiro atoms. The van der Waals surface area contributed by atoms with Crippen molar-refractivity contribution in [3.8, 4) is 10.6 Å². The average Bonchev–Trinajstić information content (AvgIpc) is 3.16. The maximum atomic E-state index is 14.5. The molecule has 2 N–H and O–H groups in total. The van der Waals surface area contributed by atoms with Crippen molar-refractivity contribution in [2.75, 3.05) is 19.3 Å². The molecule has 1 aliphatic rings. The molecule has 0 saturated carbocycles. The third-order valence-electron chi connectivity index (χ3n) is 5.06. The highest BCUT2D eigenvalue weighted by Crippen LogP contribution is 2.35. The van der Waals surface area contributed by atoms with Crippen LogP contribution in [0.15, 0.2) is 41.3 Å². The number of halogens is 4. The Morgan fingerprint density at radius 1 is 1.15 bits per heavy atom. The first-order valence-corrected chi connectivity index (χ1v) is 12.5. The fourth-order valence-corrected chi connectivity index (χ4v) is 4.97. The molecule has 1 saturated heterocycles. The van der Waals surface area contributed by atoms with Crippen LogP contribution in [0.3, 0.4) is 0 Å². The number of alkyl halides is 3. The number of sulfone groups is 1. The second kappa shape index (κ2) is 9.74. The van der Waals surface area contributed by atoms with Gasteiger partial charge in [-0.15, -0.1) is 11.3 Å². The summed E-state index contributed by atoms with van der Waals surface area (Å²) in [5.41, 5.74) is 2.48. The van der Waals surface area contributed by atoms with Gasteiger partial charge in [0.15, 0.2) is 9.84 Å². The number of carbonyl (C=O) groups is 1. The van der Waals surface area contributed by atoms with Crippen LogP contribution < -0.4 is 5.32 Å². The number of piperidine rings is 1. The van der Waals surface area contributed by atoms with E-state index in [0.717, 1.165) is 48.5 Å². The Morgan fingerprint density at radius 2 is 1.79 bits per heavy atom. The fraction of sp³-hybridized carbons (Fsp3) is 0.333. The number of fused-ring (bicyclic) bond motifs is 1. The van der Waals surface area contributed by atoms with Gasteiger partial charge in [0.2, 0.25) is 0 Å². The van der Waals surface area contributed by atoms with Crippen LogP contribution in [0, 0.1) is 5.82 Å². The molecule has 0 aliphatic carbocycles. The lowest BCUT2D eigenvalue weighted by atomic mass is 9.90. The number of aliphatic carboxylic acids is 1. The first-order valence-electron chi connectivity index (χ1n) is 9.77. The highest BCUT2D eigenvalue weighted by molar-refractivity contribution is 7.90. The number of carboxylic acids is 1. The Morgan fingerprint density at radius 3 is 2.33 bits per heavy atom. The number of hydrogen-bond donors (Lipinski definition) is 2. The lowest BCUT2D eigenvalue weighted by Crippen LogP contribution is -2.26. The molecule has 178 valence electrons. The average molecular weight is 505 g/mol. The minimum atomic E-state index is -5.08. The van der Waals surface area contributed by atoms with Gasteiger partial charge in [0.25, 0.3) is 0 Å². The second-order valence-electron chi connectivity index (χ2n) is 7.49. The first-order chi connectivity index (χ1) is 15.4. The van der Waals surface area contributed by atoms with Crippen molar-refractivity contribution in [2.24, 2.45) is 0 Å². The summed E-state index contributed by atoms with van der Waals surface area (Å²) in [6, 6.07) is 10.3. The van der Waals surface area contributed by atoms with Crippen LogP contribution >= 0.6 is 11.3 Å². The van der Waals surface area contributed by atoms with Crippen LogP contribution in [0.2, 0.25) is 0 Å². The number of aromatic nitrogens is 1. The fourth-order valence-electron chi connectivity index (χ4n) is 3.37. The predicted octanol–water partition coefficient (Wildman–Crippen LogP) is 4.61. The molecule has 1 aliphatic heterocycles. The molecule has 0 amide bonds. The molecule has 3 aromatic rings. The first kappa shape index (κ1) is 25.1. The number of benzene rings is 2. The molecule has 12 heteroatoms. The molecule has 0 bridgehead atoms. The molecule has 1 fully saturated rings. The van der Waals surface area contributed by atoms with E-state index in [0.29, 0.717) is 16.5 Å². The highest BCUT2D eigenvalue weighted by Gasteiger charge is 2.38. The summed E-state index contributed by atoms with van der Waals surface area (Å²) >= 11 is 1.42. The van der Waals surface area contributed by atoms with Gasteiger partial charge in [-0.3, -0.25) is 0 Å². The summed E-state index contributed by atoms with van der Waals surface area (Å²) in [6.07, 6.45) is -1.78. The molecule has 1 aromatic heterocycles. The monoisotopic (exact) mass is 504 g/mol. The minimum absolute atomic E-state index is 0.0203. The molecular formula is C21H20F4N2O4S2. The standard InChI is InChI=1S/C19H19FN2O2S2.C2HF3O2/c1-26(23,24)14-3-4-15(16(20)11-14)19-22-17-10-13(2-5-18(17)25-19)12-6-8-21-9-7-12;3-2(4,5)1(6)7/h2-5,10-12,21H,6-9H2,1H3;(H,6,7). The van der Waals surface area contributed by atoms with Crippen LogP contribution in [0.1, 0.15) is 24.3 Å². The maximum Gasteiger partial charge on any atom is 0.490 e. The van der Waals surface area contributed by atoms with Gasteiger partial charge in [-0.1, -0.05) is 6.07 Å². The number of thiazole rings is 1. The highest BCUT2D eigenvalue weighted by atomic mass is 32.2. The number of nitrogens with zero attached hydrogens (tertiary/aromatic N) is 1. The molecule has 2 aromatic carbocycles. The van der Waals surface area contributed by atoms with E-state index < -0.39 is 27.8 Å². The molecule has 0 radical (unpaired) electrons. The van der Waals surface area contributed by atoms with Crippen LogP contribution in [0.4, 0.5) is 17.6 Å². The third-order valence-corrected chi connectivity index (χ3v) is 7.24. The Labute approximate surface area is 191 Å². The Bertz CT molecular complexity index is 1270. The van der Waals surface area contributed by atoms with Crippen LogP contribution in [0.5, 0.6) is 0 Å². The van der Waals surface area contributed by atoms with E-state index in [1.54, 1.807) is 0 Å². The number of nitrogens with one attached hydrogen (secondary N) is 1. The van der Waals surface area contributed by atoms with E-state index >= 15 is 0 Å². The summed E-state index contributed by atoms with van der Waals surface area (Å²) < 4.78 is 70.4. The predicted molar refractivity (Wildman–Crippen MR) is 117 cm³/mol. The SMILES string of the molecule is CS(=O)(=O)c1ccc(-c2nc3cc(C4CCNCC4)ccc3s2)c(F)c1.O=C(O)C(F)(F)F. The Hall–Kier alpha value is -2.57. The third kappa shape index (κ3) is 6.27. The minimum Gasteiger partial charge on any atom is -0.475 e. The normalized spacial score (nSPS) is 15.2. The molecule has 0 unspecified atom stereocenters. The molecule has 2 heterocycles. The van der Waals surface area contributed by atoms with E-state index in [-0.39, 0.29) is 4.90 Å². The molecule has 6 nitrogen and oxygen atoms in total. The summed E-state index contributed by atoms with van der Waals surface area (Å²) in [4.78, 5) is 13.5. The van der Waals surface area contributed by atoms with E-state index in [2.05, 4.69) is 28.5 Å². The zero-order valence-corrected chi connectivity index (χ0v) is 19.0. The van der Waals surface area contributed by atoms with Crippen molar-refractivity contribution >= 4 is 37.4 Å². The zero-order valence-electron chi connectivity index (χ0n) is 17.3. The van der Waals surface area contributed by atoms with Crippen LogP contribution in [0.25, 0.3) is 20.8 Å². The van der Waals surface area contributed by atoms with Gasteiger partial charge in [0.05, 0.1) is 15.1 Å². The molecule has 33 heavy (non-hydrogen) atoms. The van der Waals surface area contributed by atoms with Crippen molar-refractivity contribution in [1.29, 1.82) is 0 Å². The van der Waals surface area contributed by atoms with Crippen molar-refractivity contribution in [3.63, 3.8) is 0 Å². The quantitative estimate of drug-likeness (QED) is 0.506. The topological polar surface area (TPSA) is 96.4 Å². The summed E-state index contributed by atoms with van der Waals surface area (Å²) in [6.45, 7) is 2.06. The van der Waals surface area contributed by atoms with E-state index in [1.165, 1.54) is 29.0 Å². The van der Waals surface area contributed by atoms with Crippen LogP contribution in [-0.4, -0.2) is 50.0 Å². The Kier molecular flexibility index (Phi) is 7.39. The lowest BCUT2D eigenvalue weighted by Gasteiger charge is -2.22. The van der Waals surface area contributed by atoms with Gasteiger partial charge in [-0.05, 0) is 67.7 Å². The van der Waals surface area contributed by atoms with Gasteiger partial charge in [-0.2, -0.15) is 13.2 Å². The van der Waals surface area contributed by atoms with E-state index in [9.17, 15) is 26.0 Å². The Balaban J connectivity index is 0.000000383. The van der Waals surface area contributed by atoms with Gasteiger partial charge >= 0.3 is 12.1 Å². The largest absolute Gasteiger partial charge is 0.490 e. The van der Waals surface area contributed by atoms with E-state index in [1.807, 2.05) is 0 Å². The smallest absolute Gasteiger partial charge is 0.475 e. The molecular weight excluding hydrogens is 484 g/mol. The van der Waals surface area contributed by atoms with E-state index in [4.69, 9.17) is 9.90 Å². The van der Waals surface area contributed by atoms with Gasteiger partial charge < -0.3 is 10.4 Å². The molecule has 4 rings (SSSR count). The van der Waals surface area contributed by atoms with Crippen molar-refractivity contribution in [1.82, 2.24) is 10.3 Å². The zero-order chi connectivity index (χ0) is 24.4. The van der Waals surface area contributed by atoms with Gasteiger partial charge in [-0.25, -0.2) is 22.6 Å². The number of rotatable bonds is 3. The summed E-state index contributed by atoms with van der Waals surface area (Å²) in [5, 5.41) is 11.1.